The third-order valence-electron chi connectivity index (χ3n) is 2.17. The Morgan fingerprint density at radius 2 is 1.92 bits per heavy atom. The predicted molar refractivity (Wildman–Crippen MR) is 52.3 cm³/mol. The van der Waals surface area contributed by atoms with Gasteiger partial charge in [-0.1, -0.05) is 12.2 Å². The van der Waals surface area contributed by atoms with E-state index in [2.05, 4.69) is 12.2 Å². The summed E-state index contributed by atoms with van der Waals surface area (Å²) in [6.07, 6.45) is 6.40. The first-order chi connectivity index (χ1) is 6.00. The van der Waals surface area contributed by atoms with Gasteiger partial charge in [0.05, 0.1) is 12.0 Å². The minimum atomic E-state index is -0.369. The maximum absolute atomic E-state index is 11.4. The Labute approximate surface area is 80.0 Å². The maximum atomic E-state index is 11.4. The predicted octanol–water partition coefficient (Wildman–Crippen LogP) is 2.54. The fourth-order valence-corrected chi connectivity index (χ4v) is 1.22. The van der Waals surface area contributed by atoms with Crippen molar-refractivity contribution in [1.82, 2.24) is 0 Å². The monoisotopic (exact) mass is 182 g/mol. The summed E-state index contributed by atoms with van der Waals surface area (Å²) < 4.78 is 5.21. The SMILES string of the molecule is CC(C)(C)C(=O)OCC1CC=CC1. The number of carbonyl (C=O) groups excluding carboxylic acids is 1. The molecule has 2 heteroatoms. The molecule has 1 aliphatic rings. The van der Waals surface area contributed by atoms with E-state index in [1.807, 2.05) is 20.8 Å². The molecule has 0 amide bonds. The van der Waals surface area contributed by atoms with Crippen LogP contribution in [0.25, 0.3) is 0 Å². The second-order valence-corrected chi connectivity index (χ2v) is 4.66. The summed E-state index contributed by atoms with van der Waals surface area (Å²) in [6, 6.07) is 0. The highest BCUT2D eigenvalue weighted by molar-refractivity contribution is 5.75. The molecule has 0 aromatic rings. The molecule has 0 saturated heterocycles. The van der Waals surface area contributed by atoms with E-state index >= 15 is 0 Å². The lowest BCUT2D eigenvalue weighted by molar-refractivity contribution is -0.154. The molecule has 0 atom stereocenters. The third kappa shape index (κ3) is 3.21. The Morgan fingerprint density at radius 3 is 2.38 bits per heavy atom. The van der Waals surface area contributed by atoms with Gasteiger partial charge in [0, 0.05) is 0 Å². The average molecular weight is 182 g/mol. The van der Waals surface area contributed by atoms with Gasteiger partial charge in [-0.25, -0.2) is 0 Å². The molecule has 0 aromatic carbocycles. The van der Waals surface area contributed by atoms with Crippen molar-refractivity contribution >= 4 is 5.97 Å². The Morgan fingerprint density at radius 1 is 1.38 bits per heavy atom. The third-order valence-corrected chi connectivity index (χ3v) is 2.17. The largest absolute Gasteiger partial charge is 0.465 e. The normalized spacial score (nSPS) is 17.8. The molecule has 0 fully saturated rings. The molecule has 74 valence electrons. The molecule has 0 bridgehead atoms. The van der Waals surface area contributed by atoms with E-state index in [1.54, 1.807) is 0 Å². The number of ether oxygens (including phenoxy) is 1. The standard InChI is InChI=1S/C11H18O2/c1-11(2,3)10(12)13-8-9-6-4-5-7-9/h4-5,9H,6-8H2,1-3H3. The summed E-state index contributed by atoms with van der Waals surface area (Å²) in [5.74, 6) is 0.422. The molecule has 0 aliphatic heterocycles. The summed E-state index contributed by atoms with van der Waals surface area (Å²) in [5, 5.41) is 0. The van der Waals surface area contributed by atoms with Crippen LogP contribution in [0.15, 0.2) is 12.2 Å². The number of esters is 1. The smallest absolute Gasteiger partial charge is 0.311 e. The zero-order valence-electron chi connectivity index (χ0n) is 8.67. The minimum absolute atomic E-state index is 0.0978. The van der Waals surface area contributed by atoms with E-state index in [0.29, 0.717) is 12.5 Å². The van der Waals surface area contributed by atoms with Crippen molar-refractivity contribution in [2.75, 3.05) is 6.61 Å². The molecule has 1 rings (SSSR count). The minimum Gasteiger partial charge on any atom is -0.465 e. The molecule has 13 heavy (non-hydrogen) atoms. The lowest BCUT2D eigenvalue weighted by atomic mass is 9.97. The van der Waals surface area contributed by atoms with Crippen LogP contribution in [0.3, 0.4) is 0 Å². The summed E-state index contributed by atoms with van der Waals surface area (Å²) in [7, 11) is 0. The zero-order valence-corrected chi connectivity index (χ0v) is 8.67. The van der Waals surface area contributed by atoms with Crippen LogP contribution in [0.4, 0.5) is 0 Å². The Bertz CT molecular complexity index is 203. The van der Waals surface area contributed by atoms with Crippen LogP contribution in [0.5, 0.6) is 0 Å². The maximum Gasteiger partial charge on any atom is 0.311 e. The number of hydrogen-bond donors (Lipinski definition) is 0. The molecule has 0 N–H and O–H groups in total. The van der Waals surface area contributed by atoms with Gasteiger partial charge in [-0.15, -0.1) is 0 Å². The van der Waals surface area contributed by atoms with E-state index < -0.39 is 0 Å². The Balaban J connectivity index is 2.22. The van der Waals surface area contributed by atoms with E-state index in [4.69, 9.17) is 4.74 Å². The lowest BCUT2D eigenvalue weighted by Crippen LogP contribution is -2.25. The van der Waals surface area contributed by atoms with Crippen molar-refractivity contribution in [3.63, 3.8) is 0 Å². The number of hydrogen-bond acceptors (Lipinski definition) is 2. The molecule has 2 nitrogen and oxygen atoms in total. The lowest BCUT2D eigenvalue weighted by Gasteiger charge is -2.18. The molecule has 0 saturated carbocycles. The molecular formula is C11H18O2. The Hall–Kier alpha value is -0.790. The second kappa shape index (κ2) is 3.95. The van der Waals surface area contributed by atoms with Gasteiger partial charge in [0.2, 0.25) is 0 Å². The van der Waals surface area contributed by atoms with Crippen molar-refractivity contribution in [3.05, 3.63) is 12.2 Å². The summed E-state index contributed by atoms with van der Waals surface area (Å²) in [5.41, 5.74) is -0.369. The highest BCUT2D eigenvalue weighted by Crippen LogP contribution is 2.20. The summed E-state index contributed by atoms with van der Waals surface area (Å²) >= 11 is 0. The van der Waals surface area contributed by atoms with Gasteiger partial charge in [0.15, 0.2) is 0 Å². The number of carbonyl (C=O) groups is 1. The first-order valence-electron chi connectivity index (χ1n) is 4.82. The topological polar surface area (TPSA) is 26.3 Å². The van der Waals surface area contributed by atoms with Crippen LogP contribution in [0.1, 0.15) is 33.6 Å². The van der Waals surface area contributed by atoms with Crippen LogP contribution < -0.4 is 0 Å². The van der Waals surface area contributed by atoms with E-state index in [0.717, 1.165) is 12.8 Å². The first-order valence-corrected chi connectivity index (χ1v) is 4.82. The van der Waals surface area contributed by atoms with Crippen molar-refractivity contribution in [2.45, 2.75) is 33.6 Å². The molecular weight excluding hydrogens is 164 g/mol. The zero-order chi connectivity index (χ0) is 9.90. The number of rotatable bonds is 2. The van der Waals surface area contributed by atoms with Gasteiger partial charge in [-0.05, 0) is 39.5 Å². The van der Waals surface area contributed by atoms with Crippen molar-refractivity contribution in [1.29, 1.82) is 0 Å². The highest BCUT2D eigenvalue weighted by Gasteiger charge is 2.24. The van der Waals surface area contributed by atoms with Gasteiger partial charge < -0.3 is 4.74 Å². The van der Waals surface area contributed by atoms with Crippen molar-refractivity contribution in [3.8, 4) is 0 Å². The van der Waals surface area contributed by atoms with Crippen molar-refractivity contribution < 1.29 is 9.53 Å². The highest BCUT2D eigenvalue weighted by atomic mass is 16.5. The van der Waals surface area contributed by atoms with Crippen LogP contribution in [0, 0.1) is 11.3 Å². The summed E-state index contributed by atoms with van der Waals surface area (Å²) in [4.78, 5) is 11.4. The van der Waals surface area contributed by atoms with Crippen LogP contribution in [-0.4, -0.2) is 12.6 Å². The van der Waals surface area contributed by atoms with Gasteiger partial charge in [-0.3, -0.25) is 4.79 Å². The fourth-order valence-electron chi connectivity index (χ4n) is 1.22. The van der Waals surface area contributed by atoms with Crippen LogP contribution >= 0.6 is 0 Å². The van der Waals surface area contributed by atoms with Crippen LogP contribution in [-0.2, 0) is 9.53 Å². The molecule has 1 aliphatic carbocycles. The van der Waals surface area contributed by atoms with E-state index in [1.165, 1.54) is 0 Å². The van der Waals surface area contributed by atoms with Gasteiger partial charge in [-0.2, -0.15) is 0 Å². The van der Waals surface area contributed by atoms with Crippen LogP contribution in [0.2, 0.25) is 0 Å². The Kier molecular flexibility index (Phi) is 3.12. The van der Waals surface area contributed by atoms with E-state index in [9.17, 15) is 4.79 Å². The molecule has 0 spiro atoms. The van der Waals surface area contributed by atoms with Gasteiger partial charge in [0.1, 0.15) is 0 Å². The molecule has 0 aromatic heterocycles. The second-order valence-electron chi connectivity index (χ2n) is 4.66. The van der Waals surface area contributed by atoms with Crippen molar-refractivity contribution in [2.24, 2.45) is 11.3 Å². The molecule has 0 heterocycles. The number of allylic oxidation sites excluding steroid dienone is 2. The van der Waals surface area contributed by atoms with E-state index in [-0.39, 0.29) is 11.4 Å². The molecule has 0 unspecified atom stereocenters. The van der Waals surface area contributed by atoms with Gasteiger partial charge in [0.25, 0.3) is 0 Å². The first kappa shape index (κ1) is 10.3. The quantitative estimate of drug-likeness (QED) is 0.484. The summed E-state index contributed by atoms with van der Waals surface area (Å²) in [6.45, 7) is 6.20. The van der Waals surface area contributed by atoms with Gasteiger partial charge >= 0.3 is 5.97 Å². The fraction of sp³-hybridized carbons (Fsp3) is 0.727. The molecule has 0 radical (unpaired) electrons. The average Bonchev–Trinajstić information content (AvgIpc) is 2.50.